The lowest BCUT2D eigenvalue weighted by molar-refractivity contribution is -0.122. The summed E-state index contributed by atoms with van der Waals surface area (Å²) < 4.78 is 5.28. The zero-order chi connectivity index (χ0) is 13.9. The summed E-state index contributed by atoms with van der Waals surface area (Å²) >= 11 is 0. The SMILES string of the molecule is Cc1cccc2[nH]c(CNC(=O)C[C@@H]3CCOC3)nc12. The van der Waals surface area contributed by atoms with Gasteiger partial charge in [-0.15, -0.1) is 0 Å². The van der Waals surface area contributed by atoms with E-state index >= 15 is 0 Å². The number of carbonyl (C=O) groups excluding carboxylic acids is 1. The van der Waals surface area contributed by atoms with Crippen molar-refractivity contribution in [1.82, 2.24) is 15.3 Å². The zero-order valence-electron chi connectivity index (χ0n) is 11.6. The molecule has 0 spiro atoms. The van der Waals surface area contributed by atoms with Gasteiger partial charge in [-0.2, -0.15) is 0 Å². The molecule has 106 valence electrons. The Morgan fingerprint density at radius 1 is 1.55 bits per heavy atom. The molecule has 0 unspecified atom stereocenters. The second kappa shape index (κ2) is 5.63. The van der Waals surface area contributed by atoms with E-state index in [2.05, 4.69) is 15.3 Å². The molecule has 2 N–H and O–H groups in total. The van der Waals surface area contributed by atoms with Gasteiger partial charge in [-0.1, -0.05) is 12.1 Å². The summed E-state index contributed by atoms with van der Waals surface area (Å²) in [5, 5.41) is 2.92. The van der Waals surface area contributed by atoms with E-state index in [9.17, 15) is 4.79 Å². The number of nitrogens with zero attached hydrogens (tertiary/aromatic N) is 1. The van der Waals surface area contributed by atoms with Gasteiger partial charge in [0, 0.05) is 19.6 Å². The molecule has 1 aromatic heterocycles. The first kappa shape index (κ1) is 13.1. The van der Waals surface area contributed by atoms with Crippen LogP contribution in [-0.2, 0) is 16.1 Å². The highest BCUT2D eigenvalue weighted by Crippen LogP contribution is 2.17. The summed E-state index contributed by atoms with van der Waals surface area (Å²) in [5.41, 5.74) is 3.12. The Labute approximate surface area is 117 Å². The van der Waals surface area contributed by atoms with Crippen molar-refractivity contribution in [3.05, 3.63) is 29.6 Å². The standard InChI is InChI=1S/C15H19N3O2/c1-10-3-2-4-12-15(10)18-13(17-12)8-16-14(19)7-11-5-6-20-9-11/h2-4,11H,5-9H2,1H3,(H,16,19)(H,17,18)/t11-/m0/s1. The molecule has 1 atom stereocenters. The van der Waals surface area contributed by atoms with Crippen molar-refractivity contribution in [2.24, 2.45) is 5.92 Å². The minimum absolute atomic E-state index is 0.0673. The molecular weight excluding hydrogens is 254 g/mol. The van der Waals surface area contributed by atoms with Gasteiger partial charge in [0.05, 0.1) is 17.6 Å². The van der Waals surface area contributed by atoms with Crippen LogP contribution in [0.4, 0.5) is 0 Å². The molecule has 1 aliphatic rings. The van der Waals surface area contributed by atoms with Crippen molar-refractivity contribution in [2.45, 2.75) is 26.3 Å². The van der Waals surface area contributed by atoms with Crippen molar-refractivity contribution in [2.75, 3.05) is 13.2 Å². The van der Waals surface area contributed by atoms with E-state index in [0.29, 0.717) is 25.5 Å². The van der Waals surface area contributed by atoms with Crippen LogP contribution >= 0.6 is 0 Å². The van der Waals surface area contributed by atoms with Crippen LogP contribution in [0.1, 0.15) is 24.2 Å². The number of rotatable bonds is 4. The van der Waals surface area contributed by atoms with Gasteiger partial charge in [-0.3, -0.25) is 4.79 Å². The molecule has 1 aliphatic heterocycles. The van der Waals surface area contributed by atoms with Gasteiger partial charge in [0.1, 0.15) is 5.82 Å². The van der Waals surface area contributed by atoms with E-state index in [1.165, 1.54) is 0 Å². The lowest BCUT2D eigenvalue weighted by atomic mass is 10.1. The molecule has 5 heteroatoms. The van der Waals surface area contributed by atoms with Gasteiger partial charge in [-0.05, 0) is 30.9 Å². The third-order valence-electron chi connectivity index (χ3n) is 3.71. The number of fused-ring (bicyclic) bond motifs is 1. The highest BCUT2D eigenvalue weighted by molar-refractivity contribution is 5.79. The number of carbonyl (C=O) groups is 1. The first-order valence-corrected chi connectivity index (χ1v) is 7.01. The van der Waals surface area contributed by atoms with Crippen molar-refractivity contribution >= 4 is 16.9 Å². The fourth-order valence-corrected chi connectivity index (χ4v) is 2.57. The molecule has 2 heterocycles. The number of aryl methyl sites for hydroxylation is 1. The Balaban J connectivity index is 1.59. The number of aromatic nitrogens is 2. The normalized spacial score (nSPS) is 18.6. The molecule has 1 amide bonds. The third-order valence-corrected chi connectivity index (χ3v) is 3.71. The number of aromatic amines is 1. The van der Waals surface area contributed by atoms with Crippen LogP contribution in [-0.4, -0.2) is 29.1 Å². The predicted octanol–water partition coefficient (Wildman–Crippen LogP) is 1.91. The zero-order valence-corrected chi connectivity index (χ0v) is 11.6. The molecule has 5 nitrogen and oxygen atoms in total. The number of imidazole rings is 1. The Morgan fingerprint density at radius 3 is 3.20 bits per heavy atom. The van der Waals surface area contributed by atoms with E-state index < -0.39 is 0 Å². The van der Waals surface area contributed by atoms with E-state index in [-0.39, 0.29) is 5.91 Å². The summed E-state index contributed by atoms with van der Waals surface area (Å²) in [4.78, 5) is 19.6. The molecule has 1 fully saturated rings. The van der Waals surface area contributed by atoms with Gasteiger partial charge in [-0.25, -0.2) is 4.98 Å². The van der Waals surface area contributed by atoms with E-state index in [0.717, 1.165) is 35.4 Å². The average Bonchev–Trinajstić information content (AvgIpc) is 3.06. The molecule has 0 aliphatic carbocycles. The number of para-hydroxylation sites is 1. The van der Waals surface area contributed by atoms with Gasteiger partial charge < -0.3 is 15.0 Å². The Kier molecular flexibility index (Phi) is 3.69. The molecular formula is C15H19N3O2. The Hall–Kier alpha value is -1.88. The average molecular weight is 273 g/mol. The first-order valence-electron chi connectivity index (χ1n) is 7.01. The van der Waals surface area contributed by atoms with E-state index in [1.807, 2.05) is 25.1 Å². The van der Waals surface area contributed by atoms with Crippen LogP contribution in [0.2, 0.25) is 0 Å². The Bertz CT molecular complexity index is 615. The van der Waals surface area contributed by atoms with Crippen LogP contribution in [0.3, 0.4) is 0 Å². The minimum atomic E-state index is 0.0673. The van der Waals surface area contributed by atoms with E-state index in [1.54, 1.807) is 0 Å². The van der Waals surface area contributed by atoms with Gasteiger partial charge in [0.15, 0.2) is 0 Å². The number of amides is 1. The maximum absolute atomic E-state index is 11.8. The molecule has 1 saturated heterocycles. The quantitative estimate of drug-likeness (QED) is 0.894. The van der Waals surface area contributed by atoms with Crippen molar-refractivity contribution in [3.63, 3.8) is 0 Å². The van der Waals surface area contributed by atoms with Crippen molar-refractivity contribution in [1.29, 1.82) is 0 Å². The third kappa shape index (κ3) is 2.82. The molecule has 0 radical (unpaired) electrons. The fourth-order valence-electron chi connectivity index (χ4n) is 2.57. The molecule has 0 saturated carbocycles. The van der Waals surface area contributed by atoms with Gasteiger partial charge >= 0.3 is 0 Å². The number of nitrogens with one attached hydrogen (secondary N) is 2. The van der Waals surface area contributed by atoms with Crippen LogP contribution in [0.15, 0.2) is 18.2 Å². The molecule has 2 aromatic rings. The van der Waals surface area contributed by atoms with E-state index in [4.69, 9.17) is 4.74 Å². The number of H-pyrrole nitrogens is 1. The topological polar surface area (TPSA) is 67.0 Å². The van der Waals surface area contributed by atoms with Gasteiger partial charge in [0.2, 0.25) is 5.91 Å². The van der Waals surface area contributed by atoms with Crippen LogP contribution in [0.5, 0.6) is 0 Å². The first-order chi connectivity index (χ1) is 9.72. The minimum Gasteiger partial charge on any atom is -0.381 e. The maximum Gasteiger partial charge on any atom is 0.220 e. The van der Waals surface area contributed by atoms with Crippen LogP contribution in [0, 0.1) is 12.8 Å². The number of ether oxygens (including phenoxy) is 1. The van der Waals surface area contributed by atoms with Gasteiger partial charge in [0.25, 0.3) is 0 Å². The monoisotopic (exact) mass is 273 g/mol. The van der Waals surface area contributed by atoms with Crippen LogP contribution in [0.25, 0.3) is 11.0 Å². The number of hydrogen-bond acceptors (Lipinski definition) is 3. The number of benzene rings is 1. The largest absolute Gasteiger partial charge is 0.381 e. The van der Waals surface area contributed by atoms with Crippen LogP contribution < -0.4 is 5.32 Å². The fraction of sp³-hybridized carbons (Fsp3) is 0.467. The predicted molar refractivity (Wildman–Crippen MR) is 76.2 cm³/mol. The summed E-state index contributed by atoms with van der Waals surface area (Å²) in [6.45, 7) is 3.96. The number of hydrogen-bond donors (Lipinski definition) is 2. The Morgan fingerprint density at radius 2 is 2.45 bits per heavy atom. The summed E-state index contributed by atoms with van der Waals surface area (Å²) in [7, 11) is 0. The highest BCUT2D eigenvalue weighted by atomic mass is 16.5. The van der Waals surface area contributed by atoms with Crippen molar-refractivity contribution in [3.8, 4) is 0 Å². The molecule has 3 rings (SSSR count). The summed E-state index contributed by atoms with van der Waals surface area (Å²) in [6, 6.07) is 6.03. The maximum atomic E-state index is 11.8. The lowest BCUT2D eigenvalue weighted by Crippen LogP contribution is -2.25. The lowest BCUT2D eigenvalue weighted by Gasteiger charge is -2.07. The second-order valence-corrected chi connectivity index (χ2v) is 5.37. The molecule has 20 heavy (non-hydrogen) atoms. The smallest absolute Gasteiger partial charge is 0.220 e. The molecule has 1 aromatic carbocycles. The highest BCUT2D eigenvalue weighted by Gasteiger charge is 2.19. The second-order valence-electron chi connectivity index (χ2n) is 5.37. The van der Waals surface area contributed by atoms with Crippen molar-refractivity contribution < 1.29 is 9.53 Å². The molecule has 0 bridgehead atoms. The summed E-state index contributed by atoms with van der Waals surface area (Å²) in [5.74, 6) is 1.23. The summed E-state index contributed by atoms with van der Waals surface area (Å²) in [6.07, 6.45) is 1.52.